The third-order valence-corrected chi connectivity index (χ3v) is 2.61. The Hall–Kier alpha value is -1.16. The van der Waals surface area contributed by atoms with Crippen LogP contribution < -0.4 is 0 Å². The molecule has 1 heterocycles. The minimum absolute atomic E-state index is 0.0231. The molecule has 4 nitrogen and oxygen atoms in total. The van der Waals surface area contributed by atoms with Crippen LogP contribution >= 0.6 is 11.6 Å². The summed E-state index contributed by atoms with van der Waals surface area (Å²) < 4.78 is 0. The molecule has 0 saturated heterocycles. The van der Waals surface area contributed by atoms with Gasteiger partial charge in [-0.3, -0.25) is 0 Å². The summed E-state index contributed by atoms with van der Waals surface area (Å²) >= 11 is 5.92. The highest BCUT2D eigenvalue weighted by Gasteiger charge is 2.19. The van der Waals surface area contributed by atoms with Crippen molar-refractivity contribution in [3.8, 4) is 0 Å². The van der Waals surface area contributed by atoms with E-state index in [1.54, 1.807) is 0 Å². The summed E-state index contributed by atoms with van der Waals surface area (Å²) in [6.45, 7) is 5.98. The number of aromatic carboxylic acids is 1. The van der Waals surface area contributed by atoms with Gasteiger partial charge in [-0.05, 0) is 29.9 Å². The summed E-state index contributed by atoms with van der Waals surface area (Å²) in [4.78, 5) is 11.0. The van der Waals surface area contributed by atoms with E-state index in [0.717, 1.165) is 5.56 Å². The predicted molar refractivity (Wildman–Crippen MR) is 61.9 cm³/mol. The van der Waals surface area contributed by atoms with Crippen LogP contribution in [-0.4, -0.2) is 21.3 Å². The molecule has 1 rings (SSSR count). The zero-order valence-corrected chi connectivity index (χ0v) is 10.4. The summed E-state index contributed by atoms with van der Waals surface area (Å²) in [5.41, 5.74) is 1.53. The molecular weight excluding hydrogens is 228 g/mol. The number of halogens is 1. The van der Waals surface area contributed by atoms with E-state index in [1.807, 2.05) is 20.8 Å². The van der Waals surface area contributed by atoms with E-state index < -0.39 is 5.97 Å². The fraction of sp³-hybridized carbons (Fsp3) is 0.545. The lowest BCUT2D eigenvalue weighted by Crippen LogP contribution is -2.13. The van der Waals surface area contributed by atoms with Gasteiger partial charge in [-0.15, -0.1) is 10.2 Å². The molecule has 88 valence electrons. The summed E-state index contributed by atoms with van der Waals surface area (Å²) in [6.07, 6.45) is 1.32. The Kier molecular flexibility index (Phi) is 4.24. The van der Waals surface area contributed by atoms with Crippen LogP contribution in [0.3, 0.4) is 0 Å². The molecule has 0 bridgehead atoms. The third-order valence-electron chi connectivity index (χ3n) is 2.31. The maximum Gasteiger partial charge on any atom is 0.356 e. The number of nitrogens with zero attached hydrogens (tertiary/aromatic N) is 2. The van der Waals surface area contributed by atoms with E-state index in [-0.39, 0.29) is 5.69 Å². The van der Waals surface area contributed by atoms with Gasteiger partial charge < -0.3 is 5.11 Å². The number of aromatic nitrogens is 2. The number of carboxylic acid groups (broad SMARTS) is 1. The van der Waals surface area contributed by atoms with Crippen molar-refractivity contribution in [3.63, 3.8) is 0 Å². The lowest BCUT2D eigenvalue weighted by Gasteiger charge is -2.12. The van der Waals surface area contributed by atoms with Crippen LogP contribution in [0.1, 0.15) is 42.4 Å². The van der Waals surface area contributed by atoms with Crippen LogP contribution in [0.2, 0.25) is 5.15 Å². The second-order valence-electron chi connectivity index (χ2n) is 4.05. The molecule has 0 aromatic carbocycles. The van der Waals surface area contributed by atoms with Gasteiger partial charge in [0.05, 0.1) is 0 Å². The maximum absolute atomic E-state index is 11.0. The first kappa shape index (κ1) is 12.9. The van der Waals surface area contributed by atoms with E-state index in [0.29, 0.717) is 29.5 Å². The van der Waals surface area contributed by atoms with Gasteiger partial charge in [-0.2, -0.15) is 0 Å². The van der Waals surface area contributed by atoms with Crippen molar-refractivity contribution in [2.24, 2.45) is 5.92 Å². The number of hydrogen-bond donors (Lipinski definition) is 1. The lowest BCUT2D eigenvalue weighted by atomic mass is 9.96. The average molecular weight is 243 g/mol. The van der Waals surface area contributed by atoms with Crippen molar-refractivity contribution in [2.75, 3.05) is 0 Å². The summed E-state index contributed by atoms with van der Waals surface area (Å²) in [7, 11) is 0. The monoisotopic (exact) mass is 242 g/mol. The molecule has 0 aliphatic carbocycles. The first-order valence-corrected chi connectivity index (χ1v) is 5.62. The molecule has 0 fully saturated rings. The molecule has 0 atom stereocenters. The minimum Gasteiger partial charge on any atom is -0.476 e. The molecule has 0 spiro atoms. The van der Waals surface area contributed by atoms with Gasteiger partial charge in [0.1, 0.15) is 0 Å². The maximum atomic E-state index is 11.0. The Balaban J connectivity index is 3.34. The molecule has 0 aliphatic heterocycles. The van der Waals surface area contributed by atoms with Crippen LogP contribution in [0.4, 0.5) is 0 Å². The van der Waals surface area contributed by atoms with Gasteiger partial charge >= 0.3 is 5.97 Å². The molecule has 0 unspecified atom stereocenters. The van der Waals surface area contributed by atoms with Crippen LogP contribution in [0.25, 0.3) is 0 Å². The van der Waals surface area contributed by atoms with E-state index >= 15 is 0 Å². The van der Waals surface area contributed by atoms with Gasteiger partial charge in [0, 0.05) is 0 Å². The molecule has 0 aliphatic rings. The molecular formula is C11H15ClN2O2. The SMILES string of the molecule is CCc1c(Cl)nnc(C(=O)O)c1CC(C)C. The Morgan fingerprint density at radius 3 is 2.44 bits per heavy atom. The largest absolute Gasteiger partial charge is 0.476 e. The van der Waals surface area contributed by atoms with Gasteiger partial charge in [0.2, 0.25) is 0 Å². The predicted octanol–water partition coefficient (Wildman–Crippen LogP) is 2.59. The van der Waals surface area contributed by atoms with Crippen molar-refractivity contribution in [1.29, 1.82) is 0 Å². The number of rotatable bonds is 4. The average Bonchev–Trinajstić information content (AvgIpc) is 2.16. The lowest BCUT2D eigenvalue weighted by molar-refractivity contribution is 0.0687. The molecule has 1 aromatic rings. The van der Waals surface area contributed by atoms with E-state index in [2.05, 4.69) is 10.2 Å². The molecule has 16 heavy (non-hydrogen) atoms. The highest BCUT2D eigenvalue weighted by atomic mass is 35.5. The summed E-state index contributed by atoms with van der Waals surface area (Å²) in [5.74, 6) is -0.696. The van der Waals surface area contributed by atoms with Crippen LogP contribution in [0.5, 0.6) is 0 Å². The fourth-order valence-corrected chi connectivity index (χ4v) is 1.93. The quantitative estimate of drug-likeness (QED) is 0.882. The number of hydrogen-bond acceptors (Lipinski definition) is 3. The van der Waals surface area contributed by atoms with Crippen molar-refractivity contribution in [1.82, 2.24) is 10.2 Å². The highest BCUT2D eigenvalue weighted by molar-refractivity contribution is 6.30. The van der Waals surface area contributed by atoms with E-state index in [4.69, 9.17) is 16.7 Å². The zero-order valence-electron chi connectivity index (χ0n) is 9.62. The van der Waals surface area contributed by atoms with E-state index in [1.165, 1.54) is 0 Å². The highest BCUT2D eigenvalue weighted by Crippen LogP contribution is 2.23. The topological polar surface area (TPSA) is 63.1 Å². The fourth-order valence-electron chi connectivity index (χ4n) is 1.64. The second kappa shape index (κ2) is 5.25. The number of carbonyl (C=O) groups is 1. The van der Waals surface area contributed by atoms with E-state index in [9.17, 15) is 4.79 Å². The summed E-state index contributed by atoms with van der Waals surface area (Å²) in [5, 5.41) is 16.7. The van der Waals surface area contributed by atoms with Crippen molar-refractivity contribution in [2.45, 2.75) is 33.6 Å². The van der Waals surface area contributed by atoms with Gasteiger partial charge in [-0.25, -0.2) is 4.79 Å². The normalized spacial score (nSPS) is 10.8. The van der Waals surface area contributed by atoms with Crippen molar-refractivity contribution in [3.05, 3.63) is 22.0 Å². The standard InChI is InChI=1S/C11H15ClN2O2/c1-4-7-8(5-6(2)3)9(11(15)16)13-14-10(7)12/h6H,4-5H2,1-3H3,(H,15,16). The van der Waals surface area contributed by atoms with Crippen LogP contribution in [-0.2, 0) is 12.8 Å². The van der Waals surface area contributed by atoms with Gasteiger partial charge in [-0.1, -0.05) is 32.4 Å². The van der Waals surface area contributed by atoms with Crippen molar-refractivity contribution >= 4 is 17.6 Å². The Bertz CT molecular complexity index is 405. The first-order chi connectivity index (χ1) is 7.47. The van der Waals surface area contributed by atoms with Gasteiger partial charge in [0.15, 0.2) is 10.8 Å². The molecule has 0 radical (unpaired) electrons. The molecule has 0 saturated carbocycles. The Morgan fingerprint density at radius 2 is 2.00 bits per heavy atom. The molecule has 1 N–H and O–H groups in total. The first-order valence-electron chi connectivity index (χ1n) is 5.24. The smallest absolute Gasteiger partial charge is 0.356 e. The minimum atomic E-state index is -1.05. The Labute approximate surface area is 99.7 Å². The zero-order chi connectivity index (χ0) is 12.3. The van der Waals surface area contributed by atoms with Crippen LogP contribution in [0, 0.1) is 5.92 Å². The van der Waals surface area contributed by atoms with Crippen molar-refractivity contribution < 1.29 is 9.90 Å². The van der Waals surface area contributed by atoms with Crippen LogP contribution in [0.15, 0.2) is 0 Å². The Morgan fingerprint density at radius 1 is 1.38 bits per heavy atom. The third kappa shape index (κ3) is 2.70. The second-order valence-corrected chi connectivity index (χ2v) is 4.41. The molecule has 5 heteroatoms. The number of carboxylic acids is 1. The molecule has 0 amide bonds. The molecule has 1 aromatic heterocycles. The van der Waals surface area contributed by atoms with Gasteiger partial charge in [0.25, 0.3) is 0 Å². The summed E-state index contributed by atoms with van der Waals surface area (Å²) in [6, 6.07) is 0.